The maximum absolute atomic E-state index is 10.8. The molecule has 0 radical (unpaired) electrons. The lowest BCUT2D eigenvalue weighted by molar-refractivity contribution is -0.147. The topological polar surface area (TPSA) is 81.3 Å². The molecule has 0 bridgehead atoms. The Balaban J connectivity index is 3.11. The number of halogens is 1. The first-order chi connectivity index (χ1) is 8.10. The van der Waals surface area contributed by atoms with Crippen LogP contribution in [-0.4, -0.2) is 16.2 Å². The molecule has 0 aliphatic carbocycles. The van der Waals surface area contributed by atoms with Gasteiger partial charge in [0, 0.05) is 12.3 Å². The number of hydrogen-bond donors (Lipinski definition) is 2. The molecule has 0 spiro atoms. The smallest absolute Gasteiger partial charge is 0.337 e. The fourth-order valence-corrected chi connectivity index (χ4v) is 1.70. The summed E-state index contributed by atoms with van der Waals surface area (Å²) in [6.45, 7) is 0. The predicted molar refractivity (Wildman–Crippen MR) is 62.5 cm³/mol. The lowest BCUT2D eigenvalue weighted by atomic mass is 9.97. The number of hydrogen-bond acceptors (Lipinski definition) is 3. The van der Waals surface area contributed by atoms with Crippen molar-refractivity contribution in [2.24, 2.45) is 0 Å². The number of carboxylic acids is 1. The molecule has 17 heavy (non-hydrogen) atoms. The third-order valence-corrected chi connectivity index (χ3v) is 2.71. The molecule has 0 saturated carbocycles. The molecule has 2 N–H and O–H groups in total. The molecule has 1 aromatic carbocycles. The van der Waals surface area contributed by atoms with Crippen LogP contribution in [0.5, 0.6) is 0 Å². The second-order valence-electron chi connectivity index (χ2n) is 3.57. The maximum Gasteiger partial charge on any atom is 0.337 e. The van der Waals surface area contributed by atoms with E-state index in [2.05, 4.69) is 0 Å². The van der Waals surface area contributed by atoms with Crippen LogP contribution in [0.25, 0.3) is 0 Å². The highest BCUT2D eigenvalue weighted by Gasteiger charge is 2.19. The van der Waals surface area contributed by atoms with Crippen LogP contribution in [0.2, 0.25) is 0 Å². The minimum absolute atomic E-state index is 0.248. The molecule has 0 saturated heterocycles. The molecular weight excluding hydrogens is 242 g/mol. The van der Waals surface area contributed by atoms with E-state index in [1.165, 1.54) is 0 Å². The summed E-state index contributed by atoms with van der Waals surface area (Å²) in [4.78, 5) is 10.8. The Labute approximate surface area is 104 Å². The summed E-state index contributed by atoms with van der Waals surface area (Å²) in [6.07, 6.45) is -0.884. The first-order valence-corrected chi connectivity index (χ1v) is 5.59. The molecular formula is C12H12ClNO3. The SMILES string of the molecule is N#CCCc1ccc(CCl)cc1C(O)C(=O)O. The number of aliphatic carboxylic acids is 1. The Morgan fingerprint density at radius 1 is 1.53 bits per heavy atom. The number of aliphatic hydroxyl groups excluding tert-OH is 1. The monoisotopic (exact) mass is 253 g/mol. The zero-order valence-corrected chi connectivity index (χ0v) is 9.81. The third-order valence-electron chi connectivity index (χ3n) is 2.40. The summed E-state index contributed by atoms with van der Waals surface area (Å²) in [5.41, 5.74) is 1.71. The fourth-order valence-electron chi connectivity index (χ4n) is 1.53. The van der Waals surface area contributed by atoms with Crippen molar-refractivity contribution in [1.29, 1.82) is 5.26 Å². The van der Waals surface area contributed by atoms with Crippen molar-refractivity contribution in [1.82, 2.24) is 0 Å². The average molecular weight is 254 g/mol. The van der Waals surface area contributed by atoms with Crippen molar-refractivity contribution < 1.29 is 15.0 Å². The normalized spacial score (nSPS) is 11.8. The van der Waals surface area contributed by atoms with Gasteiger partial charge in [-0.25, -0.2) is 4.79 Å². The lowest BCUT2D eigenvalue weighted by Crippen LogP contribution is -2.13. The number of nitrogens with zero attached hydrogens (tertiary/aromatic N) is 1. The van der Waals surface area contributed by atoms with Gasteiger partial charge in [-0.2, -0.15) is 5.26 Å². The molecule has 1 rings (SSSR count). The van der Waals surface area contributed by atoms with Crippen LogP contribution in [0, 0.1) is 11.3 Å². The van der Waals surface area contributed by atoms with E-state index >= 15 is 0 Å². The van der Waals surface area contributed by atoms with Crippen molar-refractivity contribution in [3.8, 4) is 6.07 Å². The van der Waals surface area contributed by atoms with Crippen LogP contribution in [0.3, 0.4) is 0 Å². The van der Waals surface area contributed by atoms with E-state index in [1.807, 2.05) is 6.07 Å². The average Bonchev–Trinajstić information content (AvgIpc) is 2.35. The van der Waals surface area contributed by atoms with E-state index in [9.17, 15) is 9.90 Å². The first-order valence-electron chi connectivity index (χ1n) is 5.05. The summed E-state index contributed by atoms with van der Waals surface area (Å²) >= 11 is 5.66. The summed E-state index contributed by atoms with van der Waals surface area (Å²) in [5.74, 6) is -1.06. The highest BCUT2D eigenvalue weighted by molar-refractivity contribution is 6.17. The van der Waals surface area contributed by atoms with E-state index < -0.39 is 12.1 Å². The molecule has 90 valence electrons. The van der Waals surface area contributed by atoms with E-state index in [-0.39, 0.29) is 12.3 Å². The van der Waals surface area contributed by atoms with Gasteiger partial charge in [0.1, 0.15) is 0 Å². The van der Waals surface area contributed by atoms with Crippen LogP contribution in [0.4, 0.5) is 0 Å². The second-order valence-corrected chi connectivity index (χ2v) is 3.83. The quantitative estimate of drug-likeness (QED) is 0.787. The van der Waals surface area contributed by atoms with Crippen molar-refractivity contribution in [3.05, 3.63) is 34.9 Å². The van der Waals surface area contributed by atoms with Gasteiger partial charge in [0.25, 0.3) is 0 Å². The van der Waals surface area contributed by atoms with Gasteiger partial charge >= 0.3 is 5.97 Å². The standard InChI is InChI=1S/C12H12ClNO3/c13-7-8-3-4-9(2-1-5-14)10(6-8)11(15)12(16)17/h3-4,6,11,15H,1-2,7H2,(H,16,17). The number of alkyl halides is 1. The van der Waals surface area contributed by atoms with Crippen LogP contribution in [0.15, 0.2) is 18.2 Å². The minimum Gasteiger partial charge on any atom is -0.479 e. The maximum atomic E-state index is 10.8. The van der Waals surface area contributed by atoms with Crippen molar-refractivity contribution >= 4 is 17.6 Å². The van der Waals surface area contributed by atoms with Gasteiger partial charge in [0.15, 0.2) is 6.10 Å². The number of benzene rings is 1. The molecule has 1 atom stereocenters. The van der Waals surface area contributed by atoms with Gasteiger partial charge < -0.3 is 10.2 Å². The Morgan fingerprint density at radius 2 is 2.24 bits per heavy atom. The van der Waals surface area contributed by atoms with E-state index in [0.717, 1.165) is 5.56 Å². The number of carboxylic acid groups (broad SMARTS) is 1. The van der Waals surface area contributed by atoms with Crippen molar-refractivity contribution in [2.75, 3.05) is 0 Å². The van der Waals surface area contributed by atoms with Crippen molar-refractivity contribution in [2.45, 2.75) is 24.8 Å². The molecule has 1 aromatic rings. The first kappa shape index (κ1) is 13.5. The van der Waals surface area contributed by atoms with Crippen LogP contribution >= 0.6 is 11.6 Å². The fraction of sp³-hybridized carbons (Fsp3) is 0.333. The Kier molecular flexibility index (Phi) is 4.95. The minimum atomic E-state index is -1.58. The zero-order valence-electron chi connectivity index (χ0n) is 9.06. The number of nitriles is 1. The number of rotatable bonds is 5. The Hall–Kier alpha value is -1.57. The van der Waals surface area contributed by atoms with Crippen LogP contribution < -0.4 is 0 Å². The summed E-state index contributed by atoms with van der Waals surface area (Å²) in [7, 11) is 0. The molecule has 0 amide bonds. The molecule has 0 aromatic heterocycles. The zero-order chi connectivity index (χ0) is 12.8. The predicted octanol–water partition coefficient (Wildman–Crippen LogP) is 2.00. The highest BCUT2D eigenvalue weighted by atomic mass is 35.5. The molecule has 0 fully saturated rings. The van der Waals surface area contributed by atoms with Crippen LogP contribution in [-0.2, 0) is 17.1 Å². The van der Waals surface area contributed by atoms with E-state index in [0.29, 0.717) is 17.5 Å². The summed E-state index contributed by atoms with van der Waals surface area (Å²) in [5, 5.41) is 26.9. The lowest BCUT2D eigenvalue weighted by Gasteiger charge is -2.12. The van der Waals surface area contributed by atoms with E-state index in [1.54, 1.807) is 18.2 Å². The van der Waals surface area contributed by atoms with Gasteiger partial charge in [0.05, 0.1) is 6.07 Å². The molecule has 0 aliphatic heterocycles. The van der Waals surface area contributed by atoms with Crippen molar-refractivity contribution in [3.63, 3.8) is 0 Å². The van der Waals surface area contributed by atoms with Gasteiger partial charge in [0.2, 0.25) is 0 Å². The Morgan fingerprint density at radius 3 is 2.76 bits per heavy atom. The second kappa shape index (κ2) is 6.24. The summed E-state index contributed by atoms with van der Waals surface area (Å²) < 4.78 is 0. The van der Waals surface area contributed by atoms with Gasteiger partial charge in [-0.3, -0.25) is 0 Å². The van der Waals surface area contributed by atoms with Gasteiger partial charge in [-0.1, -0.05) is 18.2 Å². The molecule has 1 unspecified atom stereocenters. The number of aryl methyl sites for hydroxylation is 1. The summed E-state index contributed by atoms with van der Waals surface area (Å²) in [6, 6.07) is 7.02. The molecule has 0 aliphatic rings. The van der Waals surface area contributed by atoms with Gasteiger partial charge in [-0.05, 0) is 23.1 Å². The highest BCUT2D eigenvalue weighted by Crippen LogP contribution is 2.22. The molecule has 4 nitrogen and oxygen atoms in total. The molecule has 0 heterocycles. The number of carbonyl (C=O) groups is 1. The van der Waals surface area contributed by atoms with Crippen LogP contribution in [0.1, 0.15) is 29.2 Å². The molecule has 5 heteroatoms. The number of aliphatic hydroxyl groups is 1. The van der Waals surface area contributed by atoms with E-state index in [4.69, 9.17) is 22.0 Å². The third kappa shape index (κ3) is 3.45. The Bertz CT molecular complexity index is 454. The largest absolute Gasteiger partial charge is 0.479 e. The van der Waals surface area contributed by atoms with Gasteiger partial charge in [-0.15, -0.1) is 11.6 Å².